The quantitative estimate of drug-likeness (QED) is 0.649. The minimum Gasteiger partial charge on any atom is -0.495 e. The molecule has 0 radical (unpaired) electrons. The summed E-state index contributed by atoms with van der Waals surface area (Å²) in [7, 11) is 1.57. The number of carbonyl (C=O) groups excluding carboxylic acids is 1. The summed E-state index contributed by atoms with van der Waals surface area (Å²) in [5.74, 6) is 1.12. The normalized spacial score (nSPS) is 12.7. The summed E-state index contributed by atoms with van der Waals surface area (Å²) in [4.78, 5) is 12.8. The van der Waals surface area contributed by atoms with Gasteiger partial charge in [-0.15, -0.1) is 0 Å². The minimum absolute atomic E-state index is 0.283. The van der Waals surface area contributed by atoms with Gasteiger partial charge in [-0.1, -0.05) is 42.5 Å². The number of hydrogen-bond acceptors (Lipinski definition) is 5. The molecule has 1 aliphatic rings. The van der Waals surface area contributed by atoms with Crippen molar-refractivity contribution in [2.45, 2.75) is 13.8 Å². The summed E-state index contributed by atoms with van der Waals surface area (Å²) in [6.45, 7) is 3.81. The van der Waals surface area contributed by atoms with E-state index in [1.807, 2.05) is 56.3 Å². The van der Waals surface area contributed by atoms with Crippen LogP contribution in [0.3, 0.4) is 0 Å². The Morgan fingerprint density at radius 1 is 1.04 bits per heavy atom. The molecule has 3 aromatic rings. The Balaban J connectivity index is 1.69. The lowest BCUT2D eigenvalue weighted by Crippen LogP contribution is -2.36. The summed E-state index contributed by atoms with van der Waals surface area (Å²) in [5, 5.41) is 7.51. The monoisotopic (exact) mass is 375 g/mol. The second-order valence-corrected chi connectivity index (χ2v) is 6.45. The Morgan fingerprint density at radius 3 is 2.50 bits per heavy atom. The van der Waals surface area contributed by atoms with Crippen LogP contribution < -0.4 is 20.9 Å². The van der Waals surface area contributed by atoms with Gasteiger partial charge in [0.25, 0.3) is 5.91 Å². The van der Waals surface area contributed by atoms with Crippen LogP contribution in [0.1, 0.15) is 12.6 Å². The lowest BCUT2D eigenvalue weighted by atomic mass is 10.1. The van der Waals surface area contributed by atoms with Gasteiger partial charge in [0.1, 0.15) is 11.4 Å². The van der Waals surface area contributed by atoms with Crippen LogP contribution in [0, 0.1) is 6.92 Å². The molecule has 0 saturated heterocycles. The average molecular weight is 375 g/mol. The van der Waals surface area contributed by atoms with E-state index in [4.69, 9.17) is 4.74 Å². The minimum atomic E-state index is -0.283. The SMILES string of the molecule is COc1ccccc1NC(=O)C1=C(C)n2nc(C)c(-c3ccccc3)c2NN1. The first-order valence-electron chi connectivity index (χ1n) is 8.93. The zero-order chi connectivity index (χ0) is 19.7. The molecule has 4 rings (SSSR count). The van der Waals surface area contributed by atoms with E-state index in [9.17, 15) is 4.79 Å². The van der Waals surface area contributed by atoms with E-state index < -0.39 is 0 Å². The molecule has 1 aliphatic heterocycles. The number of carbonyl (C=O) groups is 1. The van der Waals surface area contributed by atoms with Crippen LogP contribution in [0.4, 0.5) is 11.5 Å². The van der Waals surface area contributed by atoms with Crippen molar-refractivity contribution in [3.05, 3.63) is 66.0 Å². The molecule has 0 atom stereocenters. The number of anilines is 2. The number of fused-ring (bicyclic) bond motifs is 1. The van der Waals surface area contributed by atoms with E-state index in [0.717, 1.165) is 22.6 Å². The zero-order valence-corrected chi connectivity index (χ0v) is 15.9. The molecule has 142 valence electrons. The maximum Gasteiger partial charge on any atom is 0.275 e. The van der Waals surface area contributed by atoms with Crippen molar-refractivity contribution in [2.75, 3.05) is 17.9 Å². The van der Waals surface area contributed by atoms with Crippen LogP contribution in [0.5, 0.6) is 5.75 Å². The van der Waals surface area contributed by atoms with Crippen LogP contribution in [-0.2, 0) is 4.79 Å². The second-order valence-electron chi connectivity index (χ2n) is 6.45. The fourth-order valence-corrected chi connectivity index (χ4v) is 3.31. The summed E-state index contributed by atoms with van der Waals surface area (Å²) in [5.41, 5.74) is 10.8. The highest BCUT2D eigenvalue weighted by Gasteiger charge is 2.26. The fourth-order valence-electron chi connectivity index (χ4n) is 3.31. The number of nitrogens with one attached hydrogen (secondary N) is 3. The number of amides is 1. The Bertz CT molecular complexity index is 1070. The van der Waals surface area contributed by atoms with E-state index in [2.05, 4.69) is 21.3 Å². The molecule has 0 unspecified atom stereocenters. The van der Waals surface area contributed by atoms with Crippen molar-refractivity contribution in [2.24, 2.45) is 0 Å². The third-order valence-corrected chi connectivity index (χ3v) is 4.69. The number of rotatable bonds is 4. The first kappa shape index (κ1) is 17.7. The predicted octanol–water partition coefficient (Wildman–Crippen LogP) is 3.62. The molecule has 1 aromatic heterocycles. The average Bonchev–Trinajstić information content (AvgIpc) is 3.06. The first-order valence-corrected chi connectivity index (χ1v) is 8.93. The molecule has 3 N–H and O–H groups in total. The summed E-state index contributed by atoms with van der Waals surface area (Å²) >= 11 is 0. The van der Waals surface area contributed by atoms with Crippen molar-refractivity contribution in [3.8, 4) is 16.9 Å². The molecule has 7 heteroatoms. The molecular formula is C21H21N5O2. The lowest BCUT2D eigenvalue weighted by molar-refractivity contribution is -0.113. The topological polar surface area (TPSA) is 80.2 Å². The highest BCUT2D eigenvalue weighted by atomic mass is 16.5. The molecule has 7 nitrogen and oxygen atoms in total. The number of nitrogens with zero attached hydrogens (tertiary/aromatic N) is 2. The number of allylic oxidation sites excluding steroid dienone is 1. The molecule has 1 amide bonds. The number of benzene rings is 2. The van der Waals surface area contributed by atoms with Crippen LogP contribution in [0.15, 0.2) is 60.3 Å². The van der Waals surface area contributed by atoms with Gasteiger partial charge in [-0.25, -0.2) is 4.68 Å². The van der Waals surface area contributed by atoms with Crippen molar-refractivity contribution < 1.29 is 9.53 Å². The second kappa shape index (κ2) is 7.11. The summed E-state index contributed by atoms with van der Waals surface area (Å²) < 4.78 is 7.06. The van der Waals surface area contributed by atoms with Crippen LogP contribution >= 0.6 is 0 Å². The summed E-state index contributed by atoms with van der Waals surface area (Å²) in [6.07, 6.45) is 0. The van der Waals surface area contributed by atoms with Gasteiger partial charge in [0, 0.05) is 5.56 Å². The number of methoxy groups -OCH3 is 1. The number of aryl methyl sites for hydroxylation is 1. The third kappa shape index (κ3) is 2.96. The van der Waals surface area contributed by atoms with Crippen LogP contribution in [0.2, 0.25) is 0 Å². The summed E-state index contributed by atoms with van der Waals surface area (Å²) in [6, 6.07) is 17.3. The van der Waals surface area contributed by atoms with Gasteiger partial charge in [0.2, 0.25) is 0 Å². The number of hydrogen-bond donors (Lipinski definition) is 3. The maximum atomic E-state index is 12.8. The van der Waals surface area contributed by atoms with Crippen LogP contribution in [0.25, 0.3) is 16.8 Å². The van der Waals surface area contributed by atoms with E-state index in [1.54, 1.807) is 23.9 Å². The Morgan fingerprint density at radius 2 is 1.75 bits per heavy atom. The van der Waals surface area contributed by atoms with E-state index in [1.165, 1.54) is 0 Å². The van der Waals surface area contributed by atoms with Crippen molar-refractivity contribution in [3.63, 3.8) is 0 Å². The van der Waals surface area contributed by atoms with Gasteiger partial charge in [-0.3, -0.25) is 15.6 Å². The molecule has 0 bridgehead atoms. The molecule has 2 aromatic carbocycles. The van der Waals surface area contributed by atoms with Crippen molar-refractivity contribution >= 4 is 23.1 Å². The Hall–Kier alpha value is -3.74. The number of hydrazine groups is 1. The van der Waals surface area contributed by atoms with E-state index in [0.29, 0.717) is 22.8 Å². The smallest absolute Gasteiger partial charge is 0.275 e. The number of ether oxygens (including phenoxy) is 1. The van der Waals surface area contributed by atoms with Gasteiger partial charge in [0.05, 0.1) is 24.2 Å². The molecule has 0 aliphatic carbocycles. The van der Waals surface area contributed by atoms with Gasteiger partial charge in [-0.05, 0) is 31.5 Å². The molecule has 0 spiro atoms. The van der Waals surface area contributed by atoms with E-state index in [-0.39, 0.29) is 5.91 Å². The first-order chi connectivity index (χ1) is 13.6. The maximum absolute atomic E-state index is 12.8. The van der Waals surface area contributed by atoms with Crippen molar-refractivity contribution in [1.82, 2.24) is 15.2 Å². The molecule has 2 heterocycles. The third-order valence-electron chi connectivity index (χ3n) is 4.69. The highest BCUT2D eigenvalue weighted by Crippen LogP contribution is 2.35. The number of aromatic nitrogens is 2. The number of para-hydroxylation sites is 2. The van der Waals surface area contributed by atoms with Crippen LogP contribution in [-0.4, -0.2) is 22.8 Å². The molecule has 0 saturated carbocycles. The predicted molar refractivity (Wildman–Crippen MR) is 110 cm³/mol. The van der Waals surface area contributed by atoms with Gasteiger partial charge >= 0.3 is 0 Å². The molecular weight excluding hydrogens is 354 g/mol. The Labute approximate surface area is 163 Å². The van der Waals surface area contributed by atoms with Gasteiger partial charge in [0.15, 0.2) is 5.82 Å². The van der Waals surface area contributed by atoms with Gasteiger partial charge < -0.3 is 10.1 Å². The zero-order valence-electron chi connectivity index (χ0n) is 15.9. The lowest BCUT2D eigenvalue weighted by Gasteiger charge is -2.23. The standard InChI is InChI=1S/C21H21N5O2/c1-13-18(15-9-5-4-6-10-15)20-24-23-19(14(2)26(20)25-13)21(27)22-16-11-7-8-12-17(16)28-3/h4-12,23-24H,1-3H3,(H,22,27). The fraction of sp³-hybridized carbons (Fsp3) is 0.143. The largest absolute Gasteiger partial charge is 0.495 e. The van der Waals surface area contributed by atoms with E-state index >= 15 is 0 Å². The highest BCUT2D eigenvalue weighted by molar-refractivity contribution is 6.08. The molecule has 28 heavy (non-hydrogen) atoms. The van der Waals surface area contributed by atoms with Gasteiger partial charge in [-0.2, -0.15) is 5.10 Å². The van der Waals surface area contributed by atoms with Crippen molar-refractivity contribution in [1.29, 1.82) is 0 Å². The Kier molecular flexibility index (Phi) is 4.49. The molecule has 0 fully saturated rings.